The van der Waals surface area contributed by atoms with Crippen molar-refractivity contribution in [3.05, 3.63) is 102 Å². The minimum absolute atomic E-state index is 0.0451. The number of fused-ring (bicyclic) bond motifs is 1. The number of rotatable bonds is 16. The fourth-order valence-corrected chi connectivity index (χ4v) is 7.47. The van der Waals surface area contributed by atoms with Crippen molar-refractivity contribution in [1.29, 1.82) is 0 Å². The topological polar surface area (TPSA) is 148 Å². The van der Waals surface area contributed by atoms with Gasteiger partial charge in [-0.05, 0) is 61.6 Å². The number of hydrogen-bond donors (Lipinski definition) is 4. The lowest BCUT2D eigenvalue weighted by atomic mass is 9.92. The van der Waals surface area contributed by atoms with Gasteiger partial charge in [-0.2, -0.15) is 0 Å². The van der Waals surface area contributed by atoms with Gasteiger partial charge in [0.2, 0.25) is 11.8 Å². The summed E-state index contributed by atoms with van der Waals surface area (Å²) in [4.78, 5) is 41.3. The Kier molecular flexibility index (Phi) is 13.4. The van der Waals surface area contributed by atoms with Gasteiger partial charge in [-0.1, -0.05) is 81.4 Å². The van der Waals surface area contributed by atoms with E-state index in [1.807, 2.05) is 81.4 Å². The second-order valence-corrected chi connectivity index (χ2v) is 15.8. The van der Waals surface area contributed by atoms with Crippen LogP contribution < -0.4 is 25.2 Å². The summed E-state index contributed by atoms with van der Waals surface area (Å²) in [6.07, 6.45) is -0.591. The minimum atomic E-state index is -4.03. The Balaban J connectivity index is 1.43. The van der Waals surface area contributed by atoms with Crippen LogP contribution in [-0.4, -0.2) is 70.6 Å². The number of sulfonamides is 1. The highest BCUT2D eigenvalue weighted by Gasteiger charge is 2.29. The molecule has 52 heavy (non-hydrogen) atoms. The second kappa shape index (κ2) is 17.5. The van der Waals surface area contributed by atoms with E-state index in [1.54, 1.807) is 50.2 Å². The molecule has 0 aliphatic heterocycles. The number of nitrogens with one attached hydrogen (secondary N) is 3. The number of nitrogens with zero attached hydrogens (tertiary/aromatic N) is 2. The molecule has 0 aliphatic rings. The molecule has 0 fully saturated rings. The zero-order valence-corrected chi connectivity index (χ0v) is 31.8. The van der Waals surface area contributed by atoms with Gasteiger partial charge < -0.3 is 26.0 Å². The summed E-state index contributed by atoms with van der Waals surface area (Å²) in [5.41, 5.74) is 2.34. The van der Waals surface area contributed by atoms with E-state index < -0.39 is 45.9 Å². The molecule has 0 bridgehead atoms. The third kappa shape index (κ3) is 9.89. The molecule has 4 aromatic rings. The number of carbonyl (C=O) groups excluding carboxylic acids is 3. The Labute approximate surface area is 307 Å². The maximum Gasteiger partial charge on any atom is 0.264 e. The van der Waals surface area contributed by atoms with Crippen LogP contribution in [-0.2, 0) is 26.2 Å². The summed E-state index contributed by atoms with van der Waals surface area (Å²) in [6, 6.07) is 25.0. The predicted octanol–water partition coefficient (Wildman–Crippen LogP) is 5.08. The molecule has 4 N–H and O–H groups in total. The molecule has 278 valence electrons. The molecule has 0 saturated carbocycles. The zero-order valence-electron chi connectivity index (χ0n) is 31.0. The molecule has 0 aromatic heterocycles. The molecule has 0 radical (unpaired) electrons. The van der Waals surface area contributed by atoms with Gasteiger partial charge in [-0.3, -0.25) is 18.7 Å². The van der Waals surface area contributed by atoms with E-state index in [9.17, 15) is 27.9 Å². The van der Waals surface area contributed by atoms with E-state index in [0.29, 0.717) is 24.0 Å². The van der Waals surface area contributed by atoms with Crippen molar-refractivity contribution in [2.75, 3.05) is 30.3 Å². The molecule has 0 saturated heterocycles. The summed E-state index contributed by atoms with van der Waals surface area (Å²) in [7, 11) is 1.23. The van der Waals surface area contributed by atoms with Crippen LogP contribution >= 0.6 is 0 Å². The highest BCUT2D eigenvalue weighted by molar-refractivity contribution is 7.93. The van der Waals surface area contributed by atoms with Crippen molar-refractivity contribution in [2.24, 2.45) is 11.8 Å². The summed E-state index contributed by atoms with van der Waals surface area (Å²) in [6.45, 7) is 7.53. The van der Waals surface area contributed by atoms with E-state index >= 15 is 0 Å². The lowest BCUT2D eigenvalue weighted by molar-refractivity contribution is -0.131. The lowest BCUT2D eigenvalue weighted by Gasteiger charge is -2.28. The largest absolute Gasteiger partial charge is 0.391 e. The molecular formula is C40H51N5O6S. The van der Waals surface area contributed by atoms with Crippen molar-refractivity contribution >= 4 is 49.9 Å². The van der Waals surface area contributed by atoms with Crippen LogP contribution in [0, 0.1) is 11.8 Å². The van der Waals surface area contributed by atoms with Crippen molar-refractivity contribution in [3.8, 4) is 0 Å². The Morgan fingerprint density at radius 3 is 2.08 bits per heavy atom. The number of hydrogen-bond acceptors (Lipinski definition) is 7. The zero-order chi connectivity index (χ0) is 38.2. The van der Waals surface area contributed by atoms with Crippen LogP contribution in [0.25, 0.3) is 10.8 Å². The lowest BCUT2D eigenvalue weighted by Crippen LogP contribution is -2.48. The maximum absolute atomic E-state index is 14.0. The van der Waals surface area contributed by atoms with E-state index in [-0.39, 0.29) is 28.7 Å². The number of carbonyl (C=O) groups is 3. The molecule has 0 aliphatic carbocycles. The average Bonchev–Trinajstić information content (AvgIpc) is 3.12. The van der Waals surface area contributed by atoms with Crippen LogP contribution in [0.1, 0.15) is 56.5 Å². The van der Waals surface area contributed by atoms with Crippen LogP contribution in [0.5, 0.6) is 0 Å². The first-order valence-corrected chi connectivity index (χ1v) is 18.9. The molecule has 0 spiro atoms. The Bertz CT molecular complexity index is 1970. The number of anilines is 2. The maximum atomic E-state index is 14.0. The quantitative estimate of drug-likeness (QED) is 0.126. The van der Waals surface area contributed by atoms with E-state index in [2.05, 4.69) is 16.0 Å². The van der Waals surface area contributed by atoms with Gasteiger partial charge in [0.25, 0.3) is 15.9 Å². The van der Waals surface area contributed by atoms with Gasteiger partial charge in [-0.15, -0.1) is 0 Å². The van der Waals surface area contributed by atoms with Crippen LogP contribution in [0.3, 0.4) is 0 Å². The highest BCUT2D eigenvalue weighted by Crippen LogP contribution is 2.33. The summed E-state index contributed by atoms with van der Waals surface area (Å²) in [5, 5.41) is 21.1. The smallest absolute Gasteiger partial charge is 0.264 e. The molecule has 3 amide bonds. The first-order chi connectivity index (χ1) is 24.6. The van der Waals surface area contributed by atoms with Crippen LogP contribution in [0.4, 0.5) is 11.4 Å². The van der Waals surface area contributed by atoms with Crippen molar-refractivity contribution in [1.82, 2.24) is 16.0 Å². The molecule has 0 heterocycles. The summed E-state index contributed by atoms with van der Waals surface area (Å²) >= 11 is 0. The molecule has 4 aromatic carbocycles. The molecular weight excluding hydrogens is 679 g/mol. The highest BCUT2D eigenvalue weighted by atomic mass is 32.2. The van der Waals surface area contributed by atoms with Gasteiger partial charge >= 0.3 is 0 Å². The van der Waals surface area contributed by atoms with Gasteiger partial charge in [0, 0.05) is 55.6 Å². The van der Waals surface area contributed by atoms with E-state index in [0.717, 1.165) is 20.9 Å². The average molecular weight is 730 g/mol. The van der Waals surface area contributed by atoms with Gasteiger partial charge in [0.05, 0.1) is 22.7 Å². The van der Waals surface area contributed by atoms with Crippen LogP contribution in [0.2, 0.25) is 0 Å². The predicted molar refractivity (Wildman–Crippen MR) is 207 cm³/mol. The fraction of sp³-hybridized carbons (Fsp3) is 0.375. The summed E-state index contributed by atoms with van der Waals surface area (Å²) < 4.78 is 29.1. The molecule has 12 heteroatoms. The third-order valence-electron chi connectivity index (χ3n) is 9.06. The standard InChI is InChI=1S/C40H51N5O6S/c1-26(2)22-34(36(46)23-27(3)38(47)42-28(4)39(48)41-25-29-14-9-8-10-15-29)43-40(49)30-16-11-17-31(24-30)45(7)52(50,51)37-21-13-18-32-33(37)19-12-20-35(32)44(5)6/h8-21,24,26-28,34,36,46H,22-23,25H2,1-7H3,(H,41,48)(H,42,47)(H,43,49)/t27-,28-,34+,36+/m1/s1. The second-order valence-electron chi connectivity index (χ2n) is 13.9. The monoisotopic (exact) mass is 729 g/mol. The fourth-order valence-electron chi connectivity index (χ4n) is 6.07. The van der Waals surface area contributed by atoms with E-state index in [1.165, 1.54) is 13.1 Å². The van der Waals surface area contributed by atoms with Gasteiger partial charge in [0.1, 0.15) is 6.04 Å². The molecule has 4 rings (SSSR count). The summed E-state index contributed by atoms with van der Waals surface area (Å²) in [5.74, 6) is -1.76. The normalized spacial score (nSPS) is 13.9. The molecule has 11 nitrogen and oxygen atoms in total. The van der Waals surface area contributed by atoms with Crippen LogP contribution in [0.15, 0.2) is 95.9 Å². The Hall–Kier alpha value is -4.94. The number of aliphatic hydroxyl groups is 1. The Morgan fingerprint density at radius 2 is 1.40 bits per heavy atom. The first-order valence-electron chi connectivity index (χ1n) is 17.5. The number of amides is 3. The van der Waals surface area contributed by atoms with Gasteiger partial charge in [0.15, 0.2) is 0 Å². The number of aliphatic hydroxyl groups excluding tert-OH is 1. The van der Waals surface area contributed by atoms with Crippen molar-refractivity contribution in [2.45, 2.75) is 70.2 Å². The van der Waals surface area contributed by atoms with Crippen molar-refractivity contribution in [3.63, 3.8) is 0 Å². The van der Waals surface area contributed by atoms with Crippen molar-refractivity contribution < 1.29 is 27.9 Å². The Morgan fingerprint density at radius 1 is 0.750 bits per heavy atom. The third-order valence-corrected chi connectivity index (χ3v) is 10.9. The molecule has 4 atom stereocenters. The number of benzene rings is 4. The SMILES string of the molecule is CC(C)C[C@H](NC(=O)c1cccc(N(C)S(=O)(=O)c2cccc3c(N(C)C)cccc23)c1)[C@@H](O)C[C@@H](C)C(=O)N[C@H](C)C(=O)NCc1ccccc1. The minimum Gasteiger partial charge on any atom is -0.391 e. The van der Waals surface area contributed by atoms with Gasteiger partial charge in [-0.25, -0.2) is 8.42 Å². The molecule has 0 unspecified atom stereocenters. The van der Waals surface area contributed by atoms with E-state index in [4.69, 9.17) is 0 Å². The first kappa shape index (κ1) is 39.8.